The molecule has 2 nitrogen and oxygen atoms in total. The first kappa shape index (κ1) is 15.0. The largest absolute Gasteiger partial charge is 0.377 e. The molecule has 1 rings (SSSR count). The molecule has 0 fully saturated rings. The molecule has 0 aromatic heterocycles. The predicted octanol–water partition coefficient (Wildman–Crippen LogP) is 4.18. The average molecular weight is 321 g/mol. The molecule has 1 aromatic rings. The van der Waals surface area contributed by atoms with Crippen molar-refractivity contribution in [3.05, 3.63) is 33.3 Å². The van der Waals surface area contributed by atoms with Crippen LogP contribution in [0.4, 0.5) is 0 Å². The first-order valence-corrected chi connectivity index (χ1v) is 7.01. The van der Waals surface area contributed by atoms with E-state index in [0.717, 1.165) is 21.6 Å². The van der Waals surface area contributed by atoms with E-state index >= 15 is 0 Å². The van der Waals surface area contributed by atoms with E-state index in [4.69, 9.17) is 16.3 Å². The quantitative estimate of drug-likeness (QED) is 0.849. The Balaban J connectivity index is 2.80. The lowest BCUT2D eigenvalue weighted by atomic mass is 10.1. The van der Waals surface area contributed by atoms with E-state index < -0.39 is 0 Å². The zero-order valence-corrected chi connectivity index (χ0v) is 12.8. The second-order valence-corrected chi connectivity index (χ2v) is 5.55. The summed E-state index contributed by atoms with van der Waals surface area (Å²) in [4.78, 5) is 0. The van der Waals surface area contributed by atoms with Gasteiger partial charge in [0.25, 0.3) is 0 Å². The van der Waals surface area contributed by atoms with Gasteiger partial charge in [-0.25, -0.2) is 0 Å². The Hall–Kier alpha value is -0.0900. The molecule has 17 heavy (non-hydrogen) atoms. The van der Waals surface area contributed by atoms with Crippen LogP contribution < -0.4 is 5.32 Å². The zero-order chi connectivity index (χ0) is 12.8. The van der Waals surface area contributed by atoms with Gasteiger partial charge in [-0.05, 0) is 44.2 Å². The number of hydrogen-bond donors (Lipinski definition) is 1. The molecule has 0 amide bonds. The van der Waals surface area contributed by atoms with Gasteiger partial charge in [-0.2, -0.15) is 0 Å². The highest BCUT2D eigenvalue weighted by Crippen LogP contribution is 2.24. The molecule has 1 aromatic carbocycles. The summed E-state index contributed by atoms with van der Waals surface area (Å²) in [7, 11) is 0. The summed E-state index contributed by atoms with van der Waals surface area (Å²) in [6.45, 7) is 7.71. The smallest absolute Gasteiger partial charge is 0.0664 e. The van der Waals surface area contributed by atoms with Crippen molar-refractivity contribution < 1.29 is 4.74 Å². The molecule has 0 radical (unpaired) electrons. The van der Waals surface area contributed by atoms with Crippen LogP contribution in [0.2, 0.25) is 5.02 Å². The number of hydrogen-bond acceptors (Lipinski definition) is 2. The van der Waals surface area contributed by atoms with E-state index in [1.165, 1.54) is 0 Å². The first-order valence-electron chi connectivity index (χ1n) is 5.84. The second kappa shape index (κ2) is 7.37. The molecule has 0 bridgehead atoms. The van der Waals surface area contributed by atoms with Gasteiger partial charge in [0, 0.05) is 9.50 Å². The Kier molecular flexibility index (Phi) is 6.49. The molecule has 96 valence electrons. The highest BCUT2D eigenvalue weighted by Gasteiger charge is 2.12. The maximum Gasteiger partial charge on any atom is 0.0664 e. The van der Waals surface area contributed by atoms with Gasteiger partial charge in [0.05, 0.1) is 18.8 Å². The molecule has 0 heterocycles. The monoisotopic (exact) mass is 319 g/mol. The van der Waals surface area contributed by atoms with Crippen LogP contribution >= 0.6 is 27.5 Å². The third-order valence-electron chi connectivity index (χ3n) is 2.33. The fourth-order valence-corrected chi connectivity index (χ4v) is 2.47. The van der Waals surface area contributed by atoms with Gasteiger partial charge in [-0.3, -0.25) is 0 Å². The second-order valence-electron chi connectivity index (χ2n) is 4.20. The minimum absolute atomic E-state index is 0.178. The van der Waals surface area contributed by atoms with Crippen LogP contribution in [0.25, 0.3) is 0 Å². The normalized spacial score (nSPS) is 13.1. The number of likely N-dealkylation sites (N-methyl/N-ethyl adjacent to an activating group) is 1. The van der Waals surface area contributed by atoms with Crippen LogP contribution in [0, 0.1) is 0 Å². The highest BCUT2D eigenvalue weighted by molar-refractivity contribution is 9.10. The number of halogens is 2. The molecule has 1 atom stereocenters. The third-order valence-corrected chi connectivity index (χ3v) is 3.01. The van der Waals surface area contributed by atoms with Crippen molar-refractivity contribution in [2.45, 2.75) is 32.9 Å². The van der Waals surface area contributed by atoms with E-state index in [9.17, 15) is 0 Å². The zero-order valence-electron chi connectivity index (χ0n) is 10.5. The van der Waals surface area contributed by atoms with Crippen LogP contribution in [0.1, 0.15) is 32.4 Å². The standard InChI is InChI=1S/C13H19BrClNO/c1-4-16-13(8-17-9(2)3)10-5-11(14)7-12(15)6-10/h5-7,9,13,16H,4,8H2,1-3H3. The van der Waals surface area contributed by atoms with Gasteiger partial charge >= 0.3 is 0 Å². The minimum Gasteiger partial charge on any atom is -0.377 e. The minimum atomic E-state index is 0.178. The van der Waals surface area contributed by atoms with Gasteiger partial charge in [0.2, 0.25) is 0 Å². The van der Waals surface area contributed by atoms with Gasteiger partial charge in [0.15, 0.2) is 0 Å². The Morgan fingerprint density at radius 2 is 2.06 bits per heavy atom. The van der Waals surface area contributed by atoms with Crippen molar-refractivity contribution in [3.63, 3.8) is 0 Å². The maximum atomic E-state index is 6.06. The number of ether oxygens (including phenoxy) is 1. The van der Waals surface area contributed by atoms with Crippen LogP contribution in [0.3, 0.4) is 0 Å². The Labute approximate surface area is 117 Å². The van der Waals surface area contributed by atoms with Gasteiger partial charge in [0.1, 0.15) is 0 Å². The molecule has 0 saturated heterocycles. The lowest BCUT2D eigenvalue weighted by molar-refractivity contribution is 0.0614. The highest BCUT2D eigenvalue weighted by atomic mass is 79.9. The summed E-state index contributed by atoms with van der Waals surface area (Å²) in [5, 5.41) is 4.14. The lowest BCUT2D eigenvalue weighted by Crippen LogP contribution is -2.26. The van der Waals surface area contributed by atoms with Gasteiger partial charge in [-0.1, -0.05) is 34.5 Å². The molecule has 0 aliphatic rings. The van der Waals surface area contributed by atoms with Crippen molar-refractivity contribution in [2.24, 2.45) is 0 Å². The summed E-state index contributed by atoms with van der Waals surface area (Å²) in [6, 6.07) is 6.11. The van der Waals surface area contributed by atoms with Crippen molar-refractivity contribution in [1.29, 1.82) is 0 Å². The third kappa shape index (κ3) is 5.38. The predicted molar refractivity (Wildman–Crippen MR) is 76.7 cm³/mol. The Bertz CT molecular complexity index is 337. The SMILES string of the molecule is CCNC(COC(C)C)c1cc(Cl)cc(Br)c1. The molecular weight excluding hydrogens is 302 g/mol. The topological polar surface area (TPSA) is 21.3 Å². The lowest BCUT2D eigenvalue weighted by Gasteiger charge is -2.20. The summed E-state index contributed by atoms with van der Waals surface area (Å²) < 4.78 is 6.66. The Morgan fingerprint density at radius 3 is 2.59 bits per heavy atom. The van der Waals surface area contributed by atoms with E-state index in [2.05, 4.69) is 34.2 Å². The van der Waals surface area contributed by atoms with Crippen molar-refractivity contribution >= 4 is 27.5 Å². The van der Waals surface area contributed by atoms with E-state index in [-0.39, 0.29) is 12.1 Å². The first-order chi connectivity index (χ1) is 8.02. The average Bonchev–Trinajstić information content (AvgIpc) is 2.22. The summed E-state index contributed by atoms with van der Waals surface area (Å²) in [6.07, 6.45) is 0.235. The molecule has 1 N–H and O–H groups in total. The molecule has 0 spiro atoms. The Morgan fingerprint density at radius 1 is 1.35 bits per heavy atom. The van der Waals surface area contributed by atoms with Crippen LogP contribution in [-0.4, -0.2) is 19.3 Å². The molecule has 0 aliphatic carbocycles. The van der Waals surface area contributed by atoms with E-state index in [1.54, 1.807) is 0 Å². The molecule has 0 aliphatic heterocycles. The van der Waals surface area contributed by atoms with E-state index in [1.807, 2.05) is 26.0 Å². The maximum absolute atomic E-state index is 6.06. The molecule has 0 saturated carbocycles. The van der Waals surface area contributed by atoms with Gasteiger partial charge < -0.3 is 10.1 Å². The van der Waals surface area contributed by atoms with E-state index in [0.29, 0.717) is 6.61 Å². The van der Waals surface area contributed by atoms with Crippen LogP contribution in [-0.2, 0) is 4.74 Å². The molecule has 4 heteroatoms. The van der Waals surface area contributed by atoms with Crippen molar-refractivity contribution in [3.8, 4) is 0 Å². The van der Waals surface area contributed by atoms with Crippen LogP contribution in [0.15, 0.2) is 22.7 Å². The van der Waals surface area contributed by atoms with Crippen molar-refractivity contribution in [1.82, 2.24) is 5.32 Å². The summed E-state index contributed by atoms with van der Waals surface area (Å²) in [5.74, 6) is 0. The van der Waals surface area contributed by atoms with Crippen molar-refractivity contribution in [2.75, 3.05) is 13.2 Å². The number of benzene rings is 1. The number of rotatable bonds is 6. The molecular formula is C13H19BrClNO. The number of nitrogens with one attached hydrogen (secondary N) is 1. The molecule has 1 unspecified atom stereocenters. The van der Waals surface area contributed by atoms with Gasteiger partial charge in [-0.15, -0.1) is 0 Å². The summed E-state index contributed by atoms with van der Waals surface area (Å²) in [5.41, 5.74) is 1.15. The fourth-order valence-electron chi connectivity index (χ4n) is 1.58. The summed E-state index contributed by atoms with van der Waals surface area (Å²) >= 11 is 9.52. The van der Waals surface area contributed by atoms with Crippen LogP contribution in [0.5, 0.6) is 0 Å². The fraction of sp³-hybridized carbons (Fsp3) is 0.538.